The number of benzene rings is 1. The average molecular weight is 362 g/mol. The maximum absolute atomic E-state index is 11.9. The van der Waals surface area contributed by atoms with Crippen molar-refractivity contribution in [3.63, 3.8) is 0 Å². The lowest BCUT2D eigenvalue weighted by Gasteiger charge is -2.14. The summed E-state index contributed by atoms with van der Waals surface area (Å²) >= 11 is 9.44. The molecule has 0 N–H and O–H groups in total. The first-order chi connectivity index (χ1) is 8.83. The fourth-order valence-corrected chi connectivity index (χ4v) is 2.44. The number of alkyl halides is 4. The van der Waals surface area contributed by atoms with Gasteiger partial charge in [-0.05, 0) is 24.1 Å². The summed E-state index contributed by atoms with van der Waals surface area (Å²) in [6.45, 7) is -1.24. The number of hydrogen-bond acceptors (Lipinski definition) is 2. The Morgan fingerprint density at radius 1 is 1.37 bits per heavy atom. The van der Waals surface area contributed by atoms with Crippen molar-refractivity contribution in [3.8, 4) is 5.75 Å². The van der Waals surface area contributed by atoms with Crippen LogP contribution in [0.2, 0.25) is 5.02 Å². The molecule has 1 aromatic rings. The zero-order valence-corrected chi connectivity index (χ0v) is 12.5. The third kappa shape index (κ3) is 6.01. The molecular weight excluding hydrogens is 348 g/mol. The van der Waals surface area contributed by atoms with Gasteiger partial charge in [0.25, 0.3) is 0 Å². The lowest BCUT2D eigenvalue weighted by Crippen LogP contribution is -2.17. The van der Waals surface area contributed by atoms with Crippen LogP contribution < -0.4 is 4.74 Å². The van der Waals surface area contributed by atoms with Gasteiger partial charge >= 0.3 is 6.18 Å². The van der Waals surface area contributed by atoms with Crippen LogP contribution >= 0.6 is 27.5 Å². The van der Waals surface area contributed by atoms with E-state index in [1.165, 1.54) is 7.11 Å². The lowest BCUT2D eigenvalue weighted by atomic mass is 10.1. The van der Waals surface area contributed by atoms with Gasteiger partial charge in [0.2, 0.25) is 0 Å². The van der Waals surface area contributed by atoms with Crippen molar-refractivity contribution in [1.29, 1.82) is 0 Å². The Morgan fingerprint density at radius 2 is 2.05 bits per heavy atom. The molecule has 0 aromatic heterocycles. The summed E-state index contributed by atoms with van der Waals surface area (Å²) in [6, 6.07) is 5.16. The van der Waals surface area contributed by atoms with E-state index in [9.17, 15) is 13.2 Å². The highest BCUT2D eigenvalue weighted by molar-refractivity contribution is 9.09. The first-order valence-electron chi connectivity index (χ1n) is 5.45. The minimum atomic E-state index is -4.29. The molecule has 0 fully saturated rings. The summed E-state index contributed by atoms with van der Waals surface area (Å²) in [6.07, 6.45) is -3.90. The molecule has 1 aromatic carbocycles. The van der Waals surface area contributed by atoms with Gasteiger partial charge in [0.15, 0.2) is 0 Å². The molecule has 7 heteroatoms. The van der Waals surface area contributed by atoms with Crippen LogP contribution in [0.15, 0.2) is 18.2 Å². The fraction of sp³-hybridized carbons (Fsp3) is 0.500. The highest BCUT2D eigenvalue weighted by Gasteiger charge is 2.27. The molecule has 0 amide bonds. The van der Waals surface area contributed by atoms with Gasteiger partial charge < -0.3 is 9.47 Å². The summed E-state index contributed by atoms with van der Waals surface area (Å²) in [4.78, 5) is -0.167. The van der Waals surface area contributed by atoms with Gasteiger partial charge in [0.1, 0.15) is 12.4 Å². The Balaban J connectivity index is 2.47. The van der Waals surface area contributed by atoms with E-state index in [1.54, 1.807) is 18.2 Å². The van der Waals surface area contributed by atoms with E-state index in [4.69, 9.17) is 16.3 Å². The van der Waals surface area contributed by atoms with Crippen molar-refractivity contribution in [2.75, 3.05) is 20.3 Å². The van der Waals surface area contributed by atoms with Gasteiger partial charge in [-0.15, -0.1) is 0 Å². The molecule has 1 rings (SSSR count). The molecule has 0 aliphatic heterocycles. The van der Waals surface area contributed by atoms with E-state index in [0.29, 0.717) is 17.2 Å². The molecule has 19 heavy (non-hydrogen) atoms. The molecule has 0 aliphatic carbocycles. The van der Waals surface area contributed by atoms with Crippen LogP contribution in [0.1, 0.15) is 16.8 Å². The average Bonchev–Trinajstić information content (AvgIpc) is 2.33. The smallest absolute Gasteiger partial charge is 0.411 e. The van der Waals surface area contributed by atoms with Crippen LogP contribution in [0, 0.1) is 0 Å². The zero-order valence-electron chi connectivity index (χ0n) is 10.1. The second kappa shape index (κ2) is 7.36. The maximum Gasteiger partial charge on any atom is 0.411 e. The largest absolute Gasteiger partial charge is 0.497 e. The van der Waals surface area contributed by atoms with Crippen molar-refractivity contribution in [2.24, 2.45) is 0 Å². The van der Waals surface area contributed by atoms with Crippen molar-refractivity contribution in [3.05, 3.63) is 28.8 Å². The quantitative estimate of drug-likeness (QED) is 0.537. The van der Waals surface area contributed by atoms with E-state index in [0.717, 1.165) is 5.56 Å². The number of hydrogen-bond donors (Lipinski definition) is 0. The van der Waals surface area contributed by atoms with E-state index >= 15 is 0 Å². The molecule has 0 radical (unpaired) electrons. The summed E-state index contributed by atoms with van der Waals surface area (Å²) in [5.41, 5.74) is 0.790. The molecule has 2 nitrogen and oxygen atoms in total. The molecule has 0 saturated carbocycles. The van der Waals surface area contributed by atoms with Gasteiger partial charge in [0, 0.05) is 16.5 Å². The number of methoxy groups -OCH3 is 1. The van der Waals surface area contributed by atoms with Gasteiger partial charge in [0.05, 0.1) is 7.11 Å². The molecular formula is C12H13BrClF3O2. The highest BCUT2D eigenvalue weighted by atomic mass is 79.9. The fourth-order valence-electron chi connectivity index (χ4n) is 1.42. The number of ether oxygens (including phenoxy) is 2. The third-order valence-corrected chi connectivity index (χ3v) is 3.60. The summed E-state index contributed by atoms with van der Waals surface area (Å²) in [5.74, 6) is 0.627. The molecule has 0 saturated heterocycles. The molecule has 1 unspecified atom stereocenters. The molecule has 108 valence electrons. The standard InChI is InChI=1S/C12H13BrClF3O2/c1-18-8-2-3-9(11(14)6-8)10(13)4-5-19-7-12(15,16)17/h2-3,6,10H,4-5,7H2,1H3. The molecule has 1 atom stereocenters. The van der Waals surface area contributed by atoms with Crippen LogP contribution in [0.4, 0.5) is 13.2 Å². The lowest BCUT2D eigenvalue weighted by molar-refractivity contribution is -0.174. The predicted octanol–water partition coefficient (Wildman–Crippen LogP) is 4.75. The Bertz CT molecular complexity index is 412. The van der Waals surface area contributed by atoms with Crippen LogP contribution in [-0.4, -0.2) is 26.5 Å². The van der Waals surface area contributed by atoms with Crippen LogP contribution in [-0.2, 0) is 4.74 Å². The molecule has 0 spiro atoms. The second-order valence-corrected chi connectivity index (χ2v) is 5.32. The van der Waals surface area contributed by atoms with E-state index in [2.05, 4.69) is 20.7 Å². The van der Waals surface area contributed by atoms with E-state index in [1.807, 2.05) is 0 Å². The normalized spacial score (nSPS) is 13.4. The SMILES string of the molecule is COc1ccc(C(Br)CCOCC(F)(F)F)c(Cl)c1. The Hall–Kier alpha value is -0.460. The molecule has 0 heterocycles. The van der Waals surface area contributed by atoms with Crippen molar-refractivity contribution >= 4 is 27.5 Å². The number of halogens is 5. The van der Waals surface area contributed by atoms with Crippen LogP contribution in [0.5, 0.6) is 5.75 Å². The molecule has 0 aliphatic rings. The summed E-state index contributed by atoms with van der Waals surface area (Å²) < 4.78 is 45.2. The van der Waals surface area contributed by atoms with Crippen molar-refractivity contribution < 1.29 is 22.6 Å². The Morgan fingerprint density at radius 3 is 2.58 bits per heavy atom. The predicted molar refractivity (Wildman–Crippen MR) is 71.2 cm³/mol. The summed E-state index contributed by atoms with van der Waals surface area (Å²) in [7, 11) is 1.53. The third-order valence-electron chi connectivity index (χ3n) is 2.33. The topological polar surface area (TPSA) is 18.5 Å². The Kier molecular flexibility index (Phi) is 6.42. The van der Waals surface area contributed by atoms with Crippen molar-refractivity contribution in [2.45, 2.75) is 17.4 Å². The van der Waals surface area contributed by atoms with Gasteiger partial charge in [-0.1, -0.05) is 33.6 Å². The monoisotopic (exact) mass is 360 g/mol. The van der Waals surface area contributed by atoms with E-state index in [-0.39, 0.29) is 11.4 Å². The minimum absolute atomic E-state index is 0.00220. The van der Waals surface area contributed by atoms with Gasteiger partial charge in [-0.2, -0.15) is 13.2 Å². The van der Waals surface area contributed by atoms with Gasteiger partial charge in [-0.25, -0.2) is 0 Å². The van der Waals surface area contributed by atoms with Crippen molar-refractivity contribution in [1.82, 2.24) is 0 Å². The first kappa shape index (κ1) is 16.6. The van der Waals surface area contributed by atoms with Crippen LogP contribution in [0.25, 0.3) is 0 Å². The highest BCUT2D eigenvalue weighted by Crippen LogP contribution is 2.34. The summed E-state index contributed by atoms with van der Waals surface area (Å²) in [5, 5.41) is 0.497. The second-order valence-electron chi connectivity index (χ2n) is 3.81. The Labute approximate surface area is 123 Å². The van der Waals surface area contributed by atoms with Gasteiger partial charge in [-0.3, -0.25) is 0 Å². The van der Waals surface area contributed by atoms with Crippen LogP contribution in [0.3, 0.4) is 0 Å². The molecule has 0 bridgehead atoms. The maximum atomic E-state index is 11.9. The van der Waals surface area contributed by atoms with E-state index < -0.39 is 12.8 Å². The number of rotatable bonds is 6. The first-order valence-corrected chi connectivity index (χ1v) is 6.75. The minimum Gasteiger partial charge on any atom is -0.497 e. The zero-order chi connectivity index (χ0) is 14.5.